The first-order valence-electron chi connectivity index (χ1n) is 6.52. The van der Waals surface area contributed by atoms with Gasteiger partial charge in [0, 0.05) is 17.4 Å². The van der Waals surface area contributed by atoms with Crippen LogP contribution in [0, 0.1) is 0 Å². The van der Waals surface area contributed by atoms with E-state index in [0.717, 1.165) is 0 Å². The minimum atomic E-state index is -1.41. The van der Waals surface area contributed by atoms with Crippen molar-refractivity contribution in [3.8, 4) is 0 Å². The van der Waals surface area contributed by atoms with Gasteiger partial charge in [-0.15, -0.1) is 0 Å². The molecule has 21 heavy (non-hydrogen) atoms. The van der Waals surface area contributed by atoms with Crippen LogP contribution in [0.2, 0.25) is 5.02 Å². The molecular weight excluding hydrogens is 284 g/mol. The number of aliphatic hydroxyl groups is 1. The molecule has 0 aliphatic rings. The highest BCUT2D eigenvalue weighted by Gasteiger charge is 2.36. The van der Waals surface area contributed by atoms with Crippen LogP contribution in [-0.2, 0) is 5.60 Å². The molecule has 2 aromatic heterocycles. The molecule has 0 bridgehead atoms. The molecule has 0 aliphatic heterocycles. The van der Waals surface area contributed by atoms with E-state index >= 15 is 0 Å². The van der Waals surface area contributed by atoms with Crippen LogP contribution in [-0.4, -0.2) is 15.1 Å². The fourth-order valence-corrected chi connectivity index (χ4v) is 2.40. The molecule has 0 radical (unpaired) electrons. The summed E-state index contributed by atoms with van der Waals surface area (Å²) in [5.41, 5.74) is 0.300. The Hall–Kier alpha value is -2.23. The van der Waals surface area contributed by atoms with E-state index in [4.69, 9.17) is 11.6 Å². The van der Waals surface area contributed by atoms with Crippen LogP contribution in [0.1, 0.15) is 17.0 Å². The van der Waals surface area contributed by atoms with Gasteiger partial charge in [0.1, 0.15) is 0 Å². The second kappa shape index (κ2) is 5.64. The van der Waals surface area contributed by atoms with E-state index in [9.17, 15) is 5.11 Å². The molecule has 0 saturated carbocycles. The lowest BCUT2D eigenvalue weighted by Gasteiger charge is -2.27. The lowest BCUT2D eigenvalue weighted by Crippen LogP contribution is -2.31. The zero-order valence-electron chi connectivity index (χ0n) is 11.1. The monoisotopic (exact) mass is 296 g/mol. The average molecular weight is 297 g/mol. The van der Waals surface area contributed by atoms with Gasteiger partial charge in [0.05, 0.1) is 11.4 Å². The van der Waals surface area contributed by atoms with Crippen LogP contribution in [0.5, 0.6) is 0 Å². The number of halogens is 1. The third-order valence-electron chi connectivity index (χ3n) is 3.33. The minimum Gasteiger partial charge on any atom is -0.373 e. The molecule has 0 spiro atoms. The van der Waals surface area contributed by atoms with E-state index < -0.39 is 5.60 Å². The largest absolute Gasteiger partial charge is 0.373 e. The number of rotatable bonds is 3. The summed E-state index contributed by atoms with van der Waals surface area (Å²) in [5, 5.41) is 12.0. The fourth-order valence-electron chi connectivity index (χ4n) is 2.27. The van der Waals surface area contributed by atoms with Crippen molar-refractivity contribution in [2.24, 2.45) is 0 Å². The van der Waals surface area contributed by atoms with Gasteiger partial charge in [-0.1, -0.05) is 35.9 Å². The van der Waals surface area contributed by atoms with Gasteiger partial charge in [-0.05, 0) is 42.0 Å². The van der Waals surface area contributed by atoms with E-state index in [2.05, 4.69) is 9.97 Å². The van der Waals surface area contributed by atoms with Crippen LogP contribution < -0.4 is 0 Å². The summed E-state index contributed by atoms with van der Waals surface area (Å²) in [4.78, 5) is 8.61. The van der Waals surface area contributed by atoms with Gasteiger partial charge in [0.15, 0.2) is 5.60 Å². The molecule has 3 aromatic rings. The fraction of sp³-hybridized carbons (Fsp3) is 0.0588. The highest BCUT2D eigenvalue weighted by molar-refractivity contribution is 6.30. The Morgan fingerprint density at radius 2 is 1.29 bits per heavy atom. The summed E-state index contributed by atoms with van der Waals surface area (Å²) in [5.74, 6) is 0. The molecule has 4 heteroatoms. The molecule has 0 fully saturated rings. The summed E-state index contributed by atoms with van der Waals surface area (Å²) in [6, 6.07) is 17.9. The second-order valence-corrected chi connectivity index (χ2v) is 5.08. The molecule has 3 nitrogen and oxygen atoms in total. The Morgan fingerprint density at radius 3 is 1.71 bits per heavy atom. The van der Waals surface area contributed by atoms with Crippen LogP contribution in [0.15, 0.2) is 73.1 Å². The standard InChI is InChI=1S/C17H13ClN2O/c18-14-9-7-13(8-10-14)17(21,15-5-1-3-11-19-15)16-6-2-4-12-20-16/h1-12,21H. The number of hydrogen-bond acceptors (Lipinski definition) is 3. The number of hydrogen-bond donors (Lipinski definition) is 1. The van der Waals surface area contributed by atoms with Gasteiger partial charge in [-0.3, -0.25) is 9.97 Å². The third-order valence-corrected chi connectivity index (χ3v) is 3.59. The minimum absolute atomic E-state index is 0.519. The molecule has 1 N–H and O–H groups in total. The normalized spacial score (nSPS) is 11.3. The molecule has 2 heterocycles. The number of nitrogens with zero attached hydrogens (tertiary/aromatic N) is 2. The third kappa shape index (κ3) is 2.53. The van der Waals surface area contributed by atoms with Crippen molar-refractivity contribution >= 4 is 11.6 Å². The van der Waals surface area contributed by atoms with Crippen molar-refractivity contribution in [3.05, 3.63) is 95.0 Å². The maximum atomic E-state index is 11.3. The Balaban J connectivity index is 2.23. The Morgan fingerprint density at radius 1 is 0.762 bits per heavy atom. The maximum absolute atomic E-state index is 11.3. The SMILES string of the molecule is OC(c1ccc(Cl)cc1)(c1ccccn1)c1ccccn1. The van der Waals surface area contributed by atoms with E-state index in [1.165, 1.54) is 0 Å². The van der Waals surface area contributed by atoms with Crippen LogP contribution in [0.4, 0.5) is 0 Å². The topological polar surface area (TPSA) is 46.0 Å². The van der Waals surface area contributed by atoms with Crippen LogP contribution in [0.25, 0.3) is 0 Å². The molecule has 0 unspecified atom stereocenters. The first-order valence-corrected chi connectivity index (χ1v) is 6.90. The summed E-state index contributed by atoms with van der Waals surface area (Å²) in [6.45, 7) is 0. The van der Waals surface area contributed by atoms with E-state index in [1.807, 2.05) is 24.3 Å². The van der Waals surface area contributed by atoms with Crippen LogP contribution in [0.3, 0.4) is 0 Å². The first-order chi connectivity index (χ1) is 10.2. The van der Waals surface area contributed by atoms with Gasteiger partial charge in [0.2, 0.25) is 0 Å². The lowest BCUT2D eigenvalue weighted by atomic mass is 9.86. The molecular formula is C17H13ClN2O. The Labute approximate surface area is 127 Å². The van der Waals surface area contributed by atoms with Crippen molar-refractivity contribution in [1.82, 2.24) is 9.97 Å². The Bertz CT molecular complexity index is 675. The Kier molecular flexibility index (Phi) is 3.69. The quantitative estimate of drug-likeness (QED) is 0.805. The molecule has 0 amide bonds. The van der Waals surface area contributed by atoms with Gasteiger partial charge in [-0.2, -0.15) is 0 Å². The summed E-state index contributed by atoms with van der Waals surface area (Å²) in [6.07, 6.45) is 3.30. The molecule has 0 atom stereocenters. The molecule has 0 saturated heterocycles. The van der Waals surface area contributed by atoms with Crippen molar-refractivity contribution in [2.75, 3.05) is 0 Å². The highest BCUT2D eigenvalue weighted by atomic mass is 35.5. The van der Waals surface area contributed by atoms with Gasteiger partial charge in [-0.25, -0.2) is 0 Å². The predicted octanol–water partition coefficient (Wildman–Crippen LogP) is 3.41. The van der Waals surface area contributed by atoms with Gasteiger partial charge < -0.3 is 5.11 Å². The zero-order chi connectivity index (χ0) is 14.7. The van der Waals surface area contributed by atoms with Gasteiger partial charge in [0.25, 0.3) is 0 Å². The zero-order valence-corrected chi connectivity index (χ0v) is 11.9. The van der Waals surface area contributed by atoms with E-state index in [-0.39, 0.29) is 0 Å². The molecule has 1 aromatic carbocycles. The van der Waals surface area contributed by atoms with Gasteiger partial charge >= 0.3 is 0 Å². The smallest absolute Gasteiger partial charge is 0.174 e. The van der Waals surface area contributed by atoms with E-state index in [0.29, 0.717) is 22.0 Å². The van der Waals surface area contributed by atoms with Crippen molar-refractivity contribution in [2.45, 2.75) is 5.60 Å². The number of pyridine rings is 2. The summed E-state index contributed by atoms with van der Waals surface area (Å²) >= 11 is 5.94. The molecule has 3 rings (SSSR count). The van der Waals surface area contributed by atoms with Crippen LogP contribution >= 0.6 is 11.6 Å². The van der Waals surface area contributed by atoms with E-state index in [1.54, 1.807) is 48.8 Å². The number of aromatic nitrogens is 2. The average Bonchev–Trinajstić information content (AvgIpc) is 2.56. The number of benzene rings is 1. The summed E-state index contributed by atoms with van der Waals surface area (Å²) in [7, 11) is 0. The summed E-state index contributed by atoms with van der Waals surface area (Å²) < 4.78 is 0. The lowest BCUT2D eigenvalue weighted by molar-refractivity contribution is 0.116. The molecule has 104 valence electrons. The second-order valence-electron chi connectivity index (χ2n) is 4.65. The highest BCUT2D eigenvalue weighted by Crippen LogP contribution is 2.34. The van der Waals surface area contributed by atoms with Crippen molar-refractivity contribution < 1.29 is 5.11 Å². The molecule has 0 aliphatic carbocycles. The first kappa shape index (κ1) is 13.7. The predicted molar refractivity (Wildman–Crippen MR) is 82.0 cm³/mol. The van der Waals surface area contributed by atoms with Crippen molar-refractivity contribution in [3.63, 3.8) is 0 Å². The van der Waals surface area contributed by atoms with Crippen molar-refractivity contribution in [1.29, 1.82) is 0 Å². The maximum Gasteiger partial charge on any atom is 0.174 e.